The maximum absolute atomic E-state index is 10.1. The smallest absolute Gasteiger partial charge is 0.735 e. The topological polar surface area (TPSA) is 111 Å². The van der Waals surface area contributed by atoms with Gasteiger partial charge in [0.2, 0.25) is 0 Å². The summed E-state index contributed by atoms with van der Waals surface area (Å²) in [6, 6.07) is 0. The fourth-order valence-electron chi connectivity index (χ4n) is 0.651. The van der Waals surface area contributed by atoms with Gasteiger partial charge in [0.05, 0.1) is 19.3 Å². The zero-order valence-electron chi connectivity index (χ0n) is 8.89. The van der Waals surface area contributed by atoms with Crippen molar-refractivity contribution in [1.82, 2.24) is 10.0 Å². The van der Waals surface area contributed by atoms with Crippen LogP contribution < -0.4 is 61.4 Å². The van der Waals surface area contributed by atoms with E-state index in [4.69, 9.17) is 9.84 Å². The third kappa shape index (κ3) is 15.4. The summed E-state index contributed by atoms with van der Waals surface area (Å²) in [5, 5.41) is 11.9. The van der Waals surface area contributed by atoms with Crippen LogP contribution in [0.1, 0.15) is 0 Å². The predicted molar refractivity (Wildman–Crippen MR) is 48.5 cm³/mol. The molecule has 0 aliphatic carbocycles. The minimum atomic E-state index is -4.48. The number of aliphatic hydroxyl groups excluding tert-OH is 1. The van der Waals surface area contributed by atoms with Gasteiger partial charge < -0.3 is 19.7 Å². The predicted octanol–water partition coefficient (Wildman–Crippen LogP) is -5.36. The van der Waals surface area contributed by atoms with Gasteiger partial charge in [-0.2, -0.15) is 0 Å². The molecule has 9 heteroatoms. The minimum Gasteiger partial charge on any atom is -0.735 e. The number of ether oxygens (including phenoxy) is 1. The van der Waals surface area contributed by atoms with Crippen LogP contribution in [0.15, 0.2) is 0 Å². The first-order valence-electron chi connectivity index (χ1n) is 4.06. The Morgan fingerprint density at radius 1 is 1.53 bits per heavy atom. The molecule has 7 nitrogen and oxygen atoms in total. The van der Waals surface area contributed by atoms with E-state index in [1.54, 1.807) is 11.8 Å². The zero-order chi connectivity index (χ0) is 11.0. The summed E-state index contributed by atoms with van der Waals surface area (Å²) in [5.74, 6) is 0. The van der Waals surface area contributed by atoms with E-state index >= 15 is 0 Å². The van der Waals surface area contributed by atoms with Crippen molar-refractivity contribution in [2.24, 2.45) is 0 Å². The number of nitrogens with one attached hydrogen (secondary N) is 2. The van der Waals surface area contributed by atoms with Gasteiger partial charge in [0.15, 0.2) is 10.3 Å². The standard InChI is InChI=1S/C6H16N2O5S.K/c1-7-2-3-13-5-6(9)4-8-14(10,11)12;/h6-9H,2-5H2,1H3,(H,10,11,12);/q;+1/p-1. The fourth-order valence-corrected chi connectivity index (χ4v) is 1.05. The number of aliphatic hydroxyl groups is 1. The van der Waals surface area contributed by atoms with Crippen molar-refractivity contribution in [2.45, 2.75) is 6.10 Å². The van der Waals surface area contributed by atoms with Crippen molar-refractivity contribution in [3.63, 3.8) is 0 Å². The van der Waals surface area contributed by atoms with Gasteiger partial charge in [-0.3, -0.25) is 0 Å². The molecule has 0 amide bonds. The van der Waals surface area contributed by atoms with Crippen LogP contribution in [0.4, 0.5) is 0 Å². The van der Waals surface area contributed by atoms with Crippen LogP contribution in [0.25, 0.3) is 0 Å². The van der Waals surface area contributed by atoms with Crippen LogP contribution in [0.5, 0.6) is 0 Å². The Morgan fingerprint density at radius 3 is 2.60 bits per heavy atom. The molecule has 0 fully saturated rings. The Hall–Kier alpha value is 1.39. The van der Waals surface area contributed by atoms with Crippen LogP contribution in [0.2, 0.25) is 0 Å². The molecule has 0 saturated heterocycles. The summed E-state index contributed by atoms with van der Waals surface area (Å²) in [7, 11) is -2.73. The van der Waals surface area contributed by atoms with Gasteiger partial charge in [0.25, 0.3) is 0 Å². The average Bonchev–Trinajstić information content (AvgIpc) is 2.08. The quantitative estimate of drug-likeness (QED) is 0.230. The molecule has 0 aliphatic heterocycles. The molecular formula is C6H15KN2O5S. The molecule has 0 aromatic rings. The van der Waals surface area contributed by atoms with Gasteiger partial charge in [-0.25, -0.2) is 13.1 Å². The normalized spacial score (nSPS) is 13.3. The molecule has 0 aromatic heterocycles. The molecule has 86 valence electrons. The van der Waals surface area contributed by atoms with Crippen LogP contribution in [0.3, 0.4) is 0 Å². The fraction of sp³-hybridized carbons (Fsp3) is 1.00. The first-order valence-corrected chi connectivity index (χ1v) is 5.47. The van der Waals surface area contributed by atoms with Crippen molar-refractivity contribution in [2.75, 3.05) is 33.4 Å². The molecule has 1 unspecified atom stereocenters. The van der Waals surface area contributed by atoms with Crippen LogP contribution in [-0.4, -0.2) is 57.5 Å². The van der Waals surface area contributed by atoms with Gasteiger partial charge in [-0.05, 0) is 7.05 Å². The van der Waals surface area contributed by atoms with E-state index < -0.39 is 16.4 Å². The second-order valence-electron chi connectivity index (χ2n) is 2.63. The number of rotatable bonds is 8. The molecule has 15 heavy (non-hydrogen) atoms. The van der Waals surface area contributed by atoms with Crippen LogP contribution in [0, 0.1) is 0 Å². The largest absolute Gasteiger partial charge is 1.00 e. The Bertz CT molecular complexity index is 236. The van der Waals surface area contributed by atoms with E-state index in [2.05, 4.69) is 5.32 Å². The van der Waals surface area contributed by atoms with Gasteiger partial charge >= 0.3 is 51.4 Å². The molecule has 0 aromatic carbocycles. The van der Waals surface area contributed by atoms with Crippen molar-refractivity contribution < 1.29 is 74.2 Å². The van der Waals surface area contributed by atoms with E-state index in [0.29, 0.717) is 13.2 Å². The molecule has 1 atom stereocenters. The van der Waals surface area contributed by atoms with Crippen LogP contribution in [-0.2, 0) is 15.0 Å². The first kappa shape index (κ1) is 18.7. The van der Waals surface area contributed by atoms with Gasteiger partial charge in [0, 0.05) is 13.1 Å². The summed E-state index contributed by atoms with van der Waals surface area (Å²) in [6.45, 7) is 0.716. The average molecular weight is 266 g/mol. The molecule has 0 heterocycles. The number of hydrogen-bond acceptors (Lipinski definition) is 6. The van der Waals surface area contributed by atoms with Gasteiger partial charge in [-0.1, -0.05) is 0 Å². The second kappa shape index (κ2) is 10.5. The van der Waals surface area contributed by atoms with Gasteiger partial charge in [-0.15, -0.1) is 0 Å². The van der Waals surface area contributed by atoms with Gasteiger partial charge in [0.1, 0.15) is 0 Å². The second-order valence-corrected chi connectivity index (χ2v) is 3.83. The summed E-state index contributed by atoms with van der Waals surface area (Å²) < 4.78 is 36.8. The first-order chi connectivity index (χ1) is 6.45. The summed E-state index contributed by atoms with van der Waals surface area (Å²) in [4.78, 5) is 0. The number of likely N-dealkylation sites (N-methyl/N-ethyl adjacent to an activating group) is 1. The van der Waals surface area contributed by atoms with Crippen molar-refractivity contribution in [3.05, 3.63) is 0 Å². The molecule has 0 radical (unpaired) electrons. The van der Waals surface area contributed by atoms with E-state index in [1.807, 2.05) is 0 Å². The molecular weight excluding hydrogens is 251 g/mol. The molecule has 0 saturated carbocycles. The third-order valence-electron chi connectivity index (χ3n) is 1.30. The van der Waals surface area contributed by atoms with E-state index in [0.717, 1.165) is 0 Å². The Kier molecular flexibility index (Phi) is 13.2. The maximum atomic E-state index is 10.1. The Labute approximate surface area is 132 Å². The summed E-state index contributed by atoms with van der Waals surface area (Å²) in [5.41, 5.74) is 0. The third-order valence-corrected chi connectivity index (χ3v) is 1.82. The van der Waals surface area contributed by atoms with Crippen molar-refractivity contribution in [1.29, 1.82) is 0 Å². The summed E-state index contributed by atoms with van der Waals surface area (Å²) >= 11 is 0. The van der Waals surface area contributed by atoms with Crippen molar-refractivity contribution >= 4 is 10.3 Å². The molecule has 0 spiro atoms. The van der Waals surface area contributed by atoms with Crippen molar-refractivity contribution in [3.8, 4) is 0 Å². The SMILES string of the molecule is CNCCOCC(O)CNS(=O)(=O)[O-].[K+]. The zero-order valence-corrected chi connectivity index (χ0v) is 12.8. The Balaban J connectivity index is 0. The molecule has 0 rings (SSSR count). The van der Waals surface area contributed by atoms with E-state index in [9.17, 15) is 13.0 Å². The van der Waals surface area contributed by atoms with E-state index in [-0.39, 0.29) is 64.5 Å². The Morgan fingerprint density at radius 2 is 2.13 bits per heavy atom. The van der Waals surface area contributed by atoms with E-state index in [1.165, 1.54) is 0 Å². The number of hydrogen-bond donors (Lipinski definition) is 3. The summed E-state index contributed by atoms with van der Waals surface area (Å²) in [6.07, 6.45) is -1.00. The maximum Gasteiger partial charge on any atom is 1.00 e. The molecule has 0 aliphatic rings. The minimum absolute atomic E-state index is 0. The van der Waals surface area contributed by atoms with Crippen LogP contribution >= 0.6 is 0 Å². The molecule has 0 bridgehead atoms. The molecule has 3 N–H and O–H groups in total. The monoisotopic (exact) mass is 266 g/mol.